The van der Waals surface area contributed by atoms with Crippen LogP contribution in [0.25, 0.3) is 0 Å². The van der Waals surface area contributed by atoms with Gasteiger partial charge in [-0.05, 0) is 41.7 Å². The lowest BCUT2D eigenvalue weighted by Crippen LogP contribution is -2.05. The maximum absolute atomic E-state index is 12.8. The maximum Gasteiger partial charge on any atom is 0.196 e. The summed E-state index contributed by atoms with van der Waals surface area (Å²) < 4.78 is 0. The minimum absolute atomic E-state index is 0.0972. The number of aromatic hydroxyl groups is 3. The molecule has 3 aromatic carbocycles. The molecular formula is C26H24O4. The fourth-order valence-electron chi connectivity index (χ4n) is 3.56. The molecule has 3 rings (SSSR count). The van der Waals surface area contributed by atoms with Crippen LogP contribution in [0.5, 0.6) is 17.2 Å². The number of phenolic OH excluding ortho intramolecular Hbond substituents is 3. The Morgan fingerprint density at radius 2 is 1.43 bits per heavy atom. The molecule has 0 unspecified atom stereocenters. The van der Waals surface area contributed by atoms with Gasteiger partial charge in [0.15, 0.2) is 5.78 Å². The third kappa shape index (κ3) is 4.28. The summed E-state index contributed by atoms with van der Waals surface area (Å²) >= 11 is 0. The molecule has 0 saturated heterocycles. The number of ketones is 1. The topological polar surface area (TPSA) is 77.8 Å². The summed E-state index contributed by atoms with van der Waals surface area (Å²) in [5.41, 5.74) is 3.66. The van der Waals surface area contributed by atoms with E-state index < -0.39 is 0 Å². The lowest BCUT2D eigenvalue weighted by Gasteiger charge is -2.16. The van der Waals surface area contributed by atoms with Crippen molar-refractivity contribution in [2.45, 2.75) is 19.3 Å². The summed E-state index contributed by atoms with van der Waals surface area (Å²) in [5.74, 6) is -0.501. The number of hydrogen-bond donors (Lipinski definition) is 3. The average Bonchev–Trinajstić information content (AvgIpc) is 2.74. The minimum Gasteiger partial charge on any atom is -0.508 e. The van der Waals surface area contributed by atoms with E-state index in [1.807, 2.05) is 6.07 Å². The van der Waals surface area contributed by atoms with Crippen LogP contribution in [0.2, 0.25) is 0 Å². The fourth-order valence-corrected chi connectivity index (χ4v) is 3.56. The van der Waals surface area contributed by atoms with Crippen LogP contribution in [0.15, 0.2) is 79.9 Å². The predicted molar refractivity (Wildman–Crippen MR) is 118 cm³/mol. The molecule has 30 heavy (non-hydrogen) atoms. The van der Waals surface area contributed by atoms with Crippen LogP contribution in [0, 0.1) is 0 Å². The number of hydrogen-bond acceptors (Lipinski definition) is 4. The lowest BCUT2D eigenvalue weighted by atomic mass is 9.90. The van der Waals surface area contributed by atoms with E-state index >= 15 is 0 Å². The van der Waals surface area contributed by atoms with Gasteiger partial charge in [-0.3, -0.25) is 4.79 Å². The molecule has 0 saturated carbocycles. The van der Waals surface area contributed by atoms with Crippen LogP contribution >= 0.6 is 0 Å². The number of phenols is 3. The Labute approximate surface area is 176 Å². The quantitative estimate of drug-likeness (QED) is 0.364. The molecule has 0 fully saturated rings. The molecule has 0 aromatic heterocycles. The van der Waals surface area contributed by atoms with Crippen LogP contribution in [-0.2, 0) is 19.3 Å². The molecule has 0 spiro atoms. The van der Waals surface area contributed by atoms with Crippen LogP contribution in [0.3, 0.4) is 0 Å². The first-order valence-corrected chi connectivity index (χ1v) is 9.65. The molecule has 3 N–H and O–H groups in total. The highest BCUT2D eigenvalue weighted by Crippen LogP contribution is 2.33. The van der Waals surface area contributed by atoms with Gasteiger partial charge in [0.25, 0.3) is 0 Å². The summed E-state index contributed by atoms with van der Waals surface area (Å²) in [6.07, 6.45) is 4.85. The monoisotopic (exact) mass is 400 g/mol. The van der Waals surface area contributed by atoms with E-state index in [9.17, 15) is 20.1 Å². The summed E-state index contributed by atoms with van der Waals surface area (Å²) in [5, 5.41) is 30.9. The highest BCUT2D eigenvalue weighted by molar-refractivity contribution is 6.10. The van der Waals surface area contributed by atoms with Gasteiger partial charge >= 0.3 is 0 Å². The van der Waals surface area contributed by atoms with E-state index in [0.29, 0.717) is 30.4 Å². The molecule has 0 radical (unpaired) electrons. The molecular weight excluding hydrogens is 376 g/mol. The van der Waals surface area contributed by atoms with Crippen molar-refractivity contribution in [2.75, 3.05) is 0 Å². The van der Waals surface area contributed by atoms with Gasteiger partial charge in [0.1, 0.15) is 17.2 Å². The van der Waals surface area contributed by atoms with E-state index in [1.54, 1.807) is 48.6 Å². The van der Waals surface area contributed by atoms with Crippen LogP contribution in [0.4, 0.5) is 0 Å². The van der Waals surface area contributed by atoms with Gasteiger partial charge in [-0.1, -0.05) is 48.6 Å². The zero-order valence-electron chi connectivity index (χ0n) is 16.6. The third-order valence-corrected chi connectivity index (χ3v) is 5.06. The zero-order chi connectivity index (χ0) is 21.7. The van der Waals surface area contributed by atoms with Crippen molar-refractivity contribution in [2.24, 2.45) is 0 Å². The number of carbonyl (C=O) groups excluding carboxylic acids is 1. The number of benzene rings is 3. The van der Waals surface area contributed by atoms with E-state index in [2.05, 4.69) is 13.2 Å². The Balaban J connectivity index is 2.05. The third-order valence-electron chi connectivity index (χ3n) is 5.06. The molecule has 4 heteroatoms. The molecule has 0 aliphatic carbocycles. The Morgan fingerprint density at radius 1 is 0.767 bits per heavy atom. The highest BCUT2D eigenvalue weighted by Gasteiger charge is 2.19. The molecule has 0 atom stereocenters. The number of carbonyl (C=O) groups is 1. The van der Waals surface area contributed by atoms with E-state index in [4.69, 9.17) is 0 Å². The average molecular weight is 400 g/mol. The van der Waals surface area contributed by atoms with Gasteiger partial charge < -0.3 is 15.3 Å². The van der Waals surface area contributed by atoms with Gasteiger partial charge in [-0.25, -0.2) is 0 Å². The minimum atomic E-state index is -0.321. The Bertz CT molecular complexity index is 1100. The maximum atomic E-state index is 12.8. The second-order valence-corrected chi connectivity index (χ2v) is 7.06. The molecule has 0 aliphatic heterocycles. The standard InChI is InChI=1S/C26H24O4/c1-3-8-20-18(12-13-23(27)21(20)9-4-2)14-19-15-22(25(29)16-24(19)28)26(30)17-10-6-5-7-11-17/h3-7,10-13,15-16,27-29H,1-2,8-9,14H2. The van der Waals surface area contributed by atoms with Gasteiger partial charge in [0.05, 0.1) is 5.56 Å². The predicted octanol–water partition coefficient (Wildman–Crippen LogP) is 5.08. The SMILES string of the molecule is C=CCc1c(O)ccc(Cc2cc(C(=O)c3ccccc3)c(O)cc2O)c1CC=C. The second-order valence-electron chi connectivity index (χ2n) is 7.06. The van der Waals surface area contributed by atoms with Crippen LogP contribution < -0.4 is 0 Å². The normalized spacial score (nSPS) is 10.5. The van der Waals surface area contributed by atoms with Crippen molar-refractivity contribution < 1.29 is 20.1 Å². The lowest BCUT2D eigenvalue weighted by molar-refractivity contribution is 0.103. The molecule has 152 valence electrons. The first-order chi connectivity index (χ1) is 14.5. The van der Waals surface area contributed by atoms with Crippen molar-refractivity contribution >= 4 is 5.78 Å². The van der Waals surface area contributed by atoms with Gasteiger partial charge in [-0.2, -0.15) is 0 Å². The summed E-state index contributed by atoms with van der Waals surface area (Å²) in [6.45, 7) is 7.55. The van der Waals surface area contributed by atoms with E-state index in [1.165, 1.54) is 12.1 Å². The molecule has 4 nitrogen and oxygen atoms in total. The first kappa shape index (κ1) is 20.9. The highest BCUT2D eigenvalue weighted by atomic mass is 16.3. The Hall–Kier alpha value is -3.79. The molecule has 0 aliphatic rings. The van der Waals surface area contributed by atoms with Crippen molar-refractivity contribution in [3.8, 4) is 17.2 Å². The smallest absolute Gasteiger partial charge is 0.196 e. The Kier molecular flexibility index (Phi) is 6.38. The van der Waals surface area contributed by atoms with Crippen LogP contribution in [0.1, 0.15) is 38.2 Å². The van der Waals surface area contributed by atoms with Crippen molar-refractivity contribution in [1.29, 1.82) is 0 Å². The molecule has 0 amide bonds. The summed E-state index contributed by atoms with van der Waals surface area (Å²) in [6, 6.07) is 14.8. The molecule has 3 aromatic rings. The molecule has 0 bridgehead atoms. The van der Waals surface area contributed by atoms with Gasteiger partial charge in [0.2, 0.25) is 0 Å². The van der Waals surface area contributed by atoms with E-state index in [0.717, 1.165) is 16.7 Å². The van der Waals surface area contributed by atoms with Gasteiger partial charge in [-0.15, -0.1) is 13.2 Å². The summed E-state index contributed by atoms with van der Waals surface area (Å²) in [7, 11) is 0. The molecule has 0 heterocycles. The van der Waals surface area contributed by atoms with Crippen LogP contribution in [-0.4, -0.2) is 21.1 Å². The largest absolute Gasteiger partial charge is 0.508 e. The van der Waals surface area contributed by atoms with Gasteiger partial charge in [0, 0.05) is 23.6 Å². The number of allylic oxidation sites excluding steroid dienone is 2. The number of rotatable bonds is 8. The Morgan fingerprint density at radius 3 is 2.10 bits per heavy atom. The zero-order valence-corrected chi connectivity index (χ0v) is 16.6. The van der Waals surface area contributed by atoms with Crippen molar-refractivity contribution in [1.82, 2.24) is 0 Å². The van der Waals surface area contributed by atoms with Crippen molar-refractivity contribution in [3.63, 3.8) is 0 Å². The van der Waals surface area contributed by atoms with Crippen molar-refractivity contribution in [3.05, 3.63) is 113 Å². The summed E-state index contributed by atoms with van der Waals surface area (Å²) in [4.78, 5) is 12.8. The fraction of sp³-hybridized carbons (Fsp3) is 0.115. The van der Waals surface area contributed by atoms with E-state index in [-0.39, 0.29) is 28.6 Å². The second kappa shape index (κ2) is 9.14. The first-order valence-electron chi connectivity index (χ1n) is 9.65.